The molecule has 0 spiro atoms. The molecule has 22 heavy (non-hydrogen) atoms. The Morgan fingerprint density at radius 2 is 1.55 bits per heavy atom. The second kappa shape index (κ2) is 6.31. The molecule has 0 bridgehead atoms. The van der Waals surface area contributed by atoms with Gasteiger partial charge < -0.3 is 5.11 Å². The number of benzene rings is 3. The highest BCUT2D eigenvalue weighted by Gasteiger charge is 2.04. The third-order valence-electron chi connectivity index (χ3n) is 3.80. The van der Waals surface area contributed by atoms with E-state index in [0.29, 0.717) is 5.75 Å². The topological polar surface area (TPSA) is 20.2 Å². The van der Waals surface area contributed by atoms with Gasteiger partial charge in [0.05, 0.1) is 0 Å². The number of hydrogen-bond donors (Lipinski definition) is 1. The average Bonchev–Trinajstić information content (AvgIpc) is 2.55. The molecule has 0 aliphatic carbocycles. The van der Waals surface area contributed by atoms with Crippen LogP contribution in [0, 0.1) is 0 Å². The number of phenols is 1. The van der Waals surface area contributed by atoms with Crippen molar-refractivity contribution in [2.45, 2.75) is 6.42 Å². The second-order valence-corrected chi connectivity index (χ2v) is 5.24. The maximum Gasteiger partial charge on any atom is 0.122 e. The fourth-order valence-electron chi connectivity index (χ4n) is 2.69. The van der Waals surface area contributed by atoms with Crippen LogP contribution in [0.1, 0.15) is 16.7 Å². The van der Waals surface area contributed by atoms with Gasteiger partial charge in [-0.2, -0.15) is 0 Å². The van der Waals surface area contributed by atoms with E-state index in [0.717, 1.165) is 17.5 Å². The molecule has 0 amide bonds. The Balaban J connectivity index is 2.08. The molecule has 0 saturated heterocycles. The Hall–Kier alpha value is -2.80. The van der Waals surface area contributed by atoms with Crippen molar-refractivity contribution in [3.63, 3.8) is 0 Å². The van der Waals surface area contributed by atoms with Crippen molar-refractivity contribution >= 4 is 22.9 Å². The maximum absolute atomic E-state index is 9.87. The van der Waals surface area contributed by atoms with Gasteiger partial charge in [-0.1, -0.05) is 72.8 Å². The first kappa shape index (κ1) is 14.2. The highest BCUT2D eigenvalue weighted by Crippen LogP contribution is 2.26. The molecule has 1 N–H and O–H groups in total. The van der Waals surface area contributed by atoms with E-state index in [9.17, 15) is 5.11 Å². The first-order valence-electron chi connectivity index (χ1n) is 7.37. The molecule has 3 rings (SSSR count). The van der Waals surface area contributed by atoms with Crippen LogP contribution in [0.5, 0.6) is 5.75 Å². The van der Waals surface area contributed by atoms with Gasteiger partial charge in [0.15, 0.2) is 0 Å². The van der Waals surface area contributed by atoms with E-state index < -0.39 is 0 Å². The van der Waals surface area contributed by atoms with Crippen LogP contribution in [0.3, 0.4) is 0 Å². The van der Waals surface area contributed by atoms with E-state index in [1.807, 2.05) is 30.4 Å². The monoisotopic (exact) mass is 286 g/mol. The normalized spacial score (nSPS) is 11.1. The first-order chi connectivity index (χ1) is 10.8. The fraction of sp³-hybridized carbons (Fsp3) is 0.0476. The quantitative estimate of drug-likeness (QED) is 0.500. The van der Waals surface area contributed by atoms with Crippen molar-refractivity contribution < 1.29 is 5.11 Å². The summed E-state index contributed by atoms with van der Waals surface area (Å²) in [7, 11) is 0. The van der Waals surface area contributed by atoms with Crippen molar-refractivity contribution in [3.05, 3.63) is 90.0 Å². The Bertz CT molecular complexity index is 843. The van der Waals surface area contributed by atoms with Gasteiger partial charge in [0.1, 0.15) is 5.75 Å². The number of para-hydroxylation sites is 1. The Morgan fingerprint density at radius 3 is 2.36 bits per heavy atom. The standard InChI is InChI=1S/C21H18O/c1-2-7-19-17(13-12-16-8-3-5-10-20(16)19)14-15-18-9-4-6-11-21(18)22/h2-6,8-15,22H,1,7H2/b15-14-. The summed E-state index contributed by atoms with van der Waals surface area (Å²) >= 11 is 0. The SMILES string of the molecule is C=CCc1c(/C=C\c2ccccc2O)ccc2ccccc12. The molecule has 0 saturated carbocycles. The van der Waals surface area contributed by atoms with E-state index in [2.05, 4.69) is 49.1 Å². The molecular weight excluding hydrogens is 268 g/mol. The van der Waals surface area contributed by atoms with E-state index in [1.165, 1.54) is 16.3 Å². The second-order valence-electron chi connectivity index (χ2n) is 5.24. The number of allylic oxidation sites excluding steroid dienone is 1. The minimum Gasteiger partial charge on any atom is -0.507 e. The zero-order valence-electron chi connectivity index (χ0n) is 12.4. The van der Waals surface area contributed by atoms with Crippen molar-refractivity contribution in [2.75, 3.05) is 0 Å². The lowest BCUT2D eigenvalue weighted by molar-refractivity contribution is 0.474. The molecule has 108 valence electrons. The van der Waals surface area contributed by atoms with Crippen LogP contribution in [0.4, 0.5) is 0 Å². The third kappa shape index (κ3) is 2.79. The molecule has 0 atom stereocenters. The molecular formula is C21H18O. The van der Waals surface area contributed by atoms with Crippen LogP contribution in [-0.4, -0.2) is 5.11 Å². The van der Waals surface area contributed by atoms with Crippen LogP contribution >= 0.6 is 0 Å². The van der Waals surface area contributed by atoms with Crippen LogP contribution in [0.2, 0.25) is 0 Å². The van der Waals surface area contributed by atoms with Crippen LogP contribution in [-0.2, 0) is 6.42 Å². The van der Waals surface area contributed by atoms with Gasteiger partial charge in [0.2, 0.25) is 0 Å². The third-order valence-corrected chi connectivity index (χ3v) is 3.80. The Morgan fingerprint density at radius 1 is 0.818 bits per heavy atom. The molecule has 0 aromatic heterocycles. The van der Waals surface area contributed by atoms with Gasteiger partial charge in [0, 0.05) is 5.56 Å². The lowest BCUT2D eigenvalue weighted by Crippen LogP contribution is -1.89. The lowest BCUT2D eigenvalue weighted by atomic mass is 9.96. The predicted octanol–water partition coefficient (Wildman–Crippen LogP) is 5.44. The van der Waals surface area contributed by atoms with Crippen molar-refractivity contribution in [2.24, 2.45) is 0 Å². The van der Waals surface area contributed by atoms with Crippen molar-refractivity contribution in [3.8, 4) is 5.75 Å². The van der Waals surface area contributed by atoms with Gasteiger partial charge in [-0.05, 0) is 34.4 Å². The Labute approximate surface area is 130 Å². The largest absolute Gasteiger partial charge is 0.507 e. The summed E-state index contributed by atoms with van der Waals surface area (Å²) in [5.74, 6) is 0.296. The summed E-state index contributed by atoms with van der Waals surface area (Å²) < 4.78 is 0. The molecule has 3 aromatic rings. The molecule has 0 heterocycles. The number of hydrogen-bond acceptors (Lipinski definition) is 1. The zero-order valence-corrected chi connectivity index (χ0v) is 12.4. The van der Waals surface area contributed by atoms with Crippen LogP contribution in [0.25, 0.3) is 22.9 Å². The summed E-state index contributed by atoms with van der Waals surface area (Å²) in [4.78, 5) is 0. The van der Waals surface area contributed by atoms with Crippen LogP contribution in [0.15, 0.2) is 73.3 Å². The predicted molar refractivity (Wildman–Crippen MR) is 94.9 cm³/mol. The number of rotatable bonds is 4. The van der Waals surface area contributed by atoms with E-state index in [1.54, 1.807) is 6.07 Å². The molecule has 0 radical (unpaired) electrons. The highest BCUT2D eigenvalue weighted by molar-refractivity contribution is 5.90. The molecule has 1 heteroatoms. The van der Waals surface area contributed by atoms with E-state index >= 15 is 0 Å². The molecule has 0 aliphatic rings. The van der Waals surface area contributed by atoms with Crippen LogP contribution < -0.4 is 0 Å². The minimum absolute atomic E-state index is 0.296. The zero-order chi connectivity index (χ0) is 15.4. The maximum atomic E-state index is 9.87. The summed E-state index contributed by atoms with van der Waals surface area (Å²) in [5, 5.41) is 12.4. The lowest BCUT2D eigenvalue weighted by Gasteiger charge is -2.09. The van der Waals surface area contributed by atoms with Gasteiger partial charge in [0.25, 0.3) is 0 Å². The highest BCUT2D eigenvalue weighted by atomic mass is 16.3. The smallest absolute Gasteiger partial charge is 0.122 e. The van der Waals surface area contributed by atoms with E-state index in [-0.39, 0.29) is 0 Å². The molecule has 3 aromatic carbocycles. The summed E-state index contributed by atoms with van der Waals surface area (Å²) in [6, 6.07) is 20.0. The number of phenolic OH excluding ortho intramolecular Hbond substituents is 1. The molecule has 0 unspecified atom stereocenters. The fourth-order valence-corrected chi connectivity index (χ4v) is 2.69. The molecule has 1 nitrogen and oxygen atoms in total. The molecule has 0 aliphatic heterocycles. The number of fused-ring (bicyclic) bond motifs is 1. The summed E-state index contributed by atoms with van der Waals surface area (Å²) in [6.45, 7) is 3.87. The van der Waals surface area contributed by atoms with Gasteiger partial charge >= 0.3 is 0 Å². The summed E-state index contributed by atoms with van der Waals surface area (Å²) in [6.07, 6.45) is 6.76. The molecule has 0 fully saturated rings. The number of aromatic hydroxyl groups is 1. The van der Waals surface area contributed by atoms with Crippen molar-refractivity contribution in [1.82, 2.24) is 0 Å². The van der Waals surface area contributed by atoms with Crippen molar-refractivity contribution in [1.29, 1.82) is 0 Å². The first-order valence-corrected chi connectivity index (χ1v) is 7.37. The van der Waals surface area contributed by atoms with E-state index in [4.69, 9.17) is 0 Å². The van der Waals surface area contributed by atoms with Gasteiger partial charge in [-0.15, -0.1) is 6.58 Å². The van der Waals surface area contributed by atoms with Gasteiger partial charge in [-0.25, -0.2) is 0 Å². The minimum atomic E-state index is 0.296. The Kier molecular flexibility index (Phi) is 4.06. The van der Waals surface area contributed by atoms with Gasteiger partial charge in [-0.3, -0.25) is 0 Å². The average molecular weight is 286 g/mol. The summed E-state index contributed by atoms with van der Waals surface area (Å²) in [5.41, 5.74) is 3.24.